The Kier molecular flexibility index (Phi) is 7.13. The molecule has 0 fully saturated rings. The van der Waals surface area contributed by atoms with E-state index in [-0.39, 0.29) is 17.2 Å². The molecule has 1 amide bonds. The second kappa shape index (κ2) is 10.4. The van der Waals surface area contributed by atoms with E-state index in [1.165, 1.54) is 16.6 Å². The molecule has 2 aromatic heterocycles. The minimum Gasteiger partial charge on any atom is -0.494 e. The van der Waals surface area contributed by atoms with Crippen LogP contribution in [-0.4, -0.2) is 27.8 Å². The third kappa shape index (κ3) is 5.10. The van der Waals surface area contributed by atoms with Crippen LogP contribution in [0.15, 0.2) is 58.5 Å². The van der Waals surface area contributed by atoms with Gasteiger partial charge < -0.3 is 10.1 Å². The molecule has 1 N–H and O–H groups in total. The number of ether oxygens (including phenoxy) is 1. The summed E-state index contributed by atoms with van der Waals surface area (Å²) in [5.74, 6) is 0.689. The minimum absolute atomic E-state index is 0.0915. The van der Waals surface area contributed by atoms with Gasteiger partial charge in [-0.1, -0.05) is 23.4 Å². The van der Waals surface area contributed by atoms with Crippen LogP contribution in [0.5, 0.6) is 5.75 Å². The zero-order valence-corrected chi connectivity index (χ0v) is 21.6. The number of hydrogen-bond donors (Lipinski definition) is 1. The molecular weight excluding hydrogens is 502 g/mol. The third-order valence-corrected chi connectivity index (χ3v) is 8.20. The van der Waals surface area contributed by atoms with Crippen molar-refractivity contribution in [3.63, 3.8) is 0 Å². The first kappa shape index (κ1) is 23.9. The van der Waals surface area contributed by atoms with Crippen LogP contribution in [0.25, 0.3) is 15.9 Å². The summed E-state index contributed by atoms with van der Waals surface area (Å²) in [4.78, 5) is 33.3. The molecule has 1 aliphatic carbocycles. The van der Waals surface area contributed by atoms with E-state index in [0.29, 0.717) is 33.5 Å². The number of aromatic nitrogens is 2. The fraction of sp³-hybridized carbons (Fsp3) is 0.269. The van der Waals surface area contributed by atoms with Gasteiger partial charge >= 0.3 is 0 Å². The molecule has 5 rings (SSSR count). The first-order valence-electron chi connectivity index (χ1n) is 11.5. The Hall–Kier alpha value is -2.81. The number of halogens is 1. The van der Waals surface area contributed by atoms with E-state index in [2.05, 4.69) is 5.32 Å². The Morgan fingerprint density at radius 3 is 2.63 bits per heavy atom. The highest BCUT2D eigenvalue weighted by Gasteiger charge is 2.23. The topological polar surface area (TPSA) is 73.2 Å². The SMILES string of the molecule is CCOc1ccc(NC(=O)CSc2nc3sc4c(c3c(=O)n2-c2ccc(Cl)cc2)CCCC4)cc1. The van der Waals surface area contributed by atoms with Gasteiger partial charge in [0, 0.05) is 15.6 Å². The highest BCUT2D eigenvalue weighted by molar-refractivity contribution is 7.99. The maximum Gasteiger partial charge on any atom is 0.267 e. The first-order valence-corrected chi connectivity index (χ1v) is 13.7. The van der Waals surface area contributed by atoms with Gasteiger partial charge in [-0.3, -0.25) is 14.2 Å². The van der Waals surface area contributed by atoms with Gasteiger partial charge in [-0.05, 0) is 86.7 Å². The molecule has 0 aliphatic heterocycles. The van der Waals surface area contributed by atoms with Gasteiger partial charge in [0.2, 0.25) is 5.91 Å². The minimum atomic E-state index is -0.179. The molecule has 0 saturated heterocycles. The lowest BCUT2D eigenvalue weighted by molar-refractivity contribution is -0.113. The number of anilines is 1. The average Bonchev–Trinajstić information content (AvgIpc) is 3.24. The number of nitrogens with zero attached hydrogens (tertiary/aromatic N) is 2. The van der Waals surface area contributed by atoms with Crippen LogP contribution < -0.4 is 15.6 Å². The number of benzene rings is 2. The van der Waals surface area contributed by atoms with Gasteiger partial charge in [-0.15, -0.1) is 11.3 Å². The average molecular weight is 526 g/mol. The summed E-state index contributed by atoms with van der Waals surface area (Å²) >= 11 is 8.94. The van der Waals surface area contributed by atoms with Gasteiger partial charge in [0.05, 0.1) is 23.4 Å². The number of thiophene rings is 1. The van der Waals surface area contributed by atoms with E-state index < -0.39 is 0 Å². The number of thioether (sulfide) groups is 1. The number of hydrogen-bond acceptors (Lipinski definition) is 6. The van der Waals surface area contributed by atoms with Crippen LogP contribution in [0.1, 0.15) is 30.2 Å². The van der Waals surface area contributed by atoms with Crippen LogP contribution in [0.3, 0.4) is 0 Å². The molecule has 35 heavy (non-hydrogen) atoms. The largest absolute Gasteiger partial charge is 0.494 e. The lowest BCUT2D eigenvalue weighted by atomic mass is 9.97. The molecule has 180 valence electrons. The second-order valence-electron chi connectivity index (χ2n) is 8.20. The van der Waals surface area contributed by atoms with Crippen molar-refractivity contribution in [2.75, 3.05) is 17.7 Å². The van der Waals surface area contributed by atoms with Crippen LogP contribution >= 0.6 is 34.7 Å². The molecule has 6 nitrogen and oxygen atoms in total. The molecule has 0 atom stereocenters. The van der Waals surface area contributed by atoms with Crippen molar-refractivity contribution in [2.24, 2.45) is 0 Å². The molecule has 0 radical (unpaired) electrons. The number of carbonyl (C=O) groups is 1. The predicted molar refractivity (Wildman–Crippen MR) is 144 cm³/mol. The van der Waals surface area contributed by atoms with Gasteiger partial charge in [0.15, 0.2) is 5.16 Å². The van der Waals surface area contributed by atoms with Crippen LogP contribution in [0.4, 0.5) is 5.69 Å². The normalized spacial score (nSPS) is 13.0. The van der Waals surface area contributed by atoms with Gasteiger partial charge in [0.25, 0.3) is 5.56 Å². The Labute approximate surface area is 216 Å². The van der Waals surface area contributed by atoms with Crippen molar-refractivity contribution in [1.82, 2.24) is 9.55 Å². The van der Waals surface area contributed by atoms with E-state index >= 15 is 0 Å². The number of aryl methyl sites for hydroxylation is 2. The molecule has 0 spiro atoms. The lowest BCUT2D eigenvalue weighted by Crippen LogP contribution is -2.23. The summed E-state index contributed by atoms with van der Waals surface area (Å²) in [5.41, 5.74) is 2.41. The predicted octanol–water partition coefficient (Wildman–Crippen LogP) is 6.11. The number of carbonyl (C=O) groups excluding carboxylic acids is 1. The molecule has 9 heteroatoms. The zero-order chi connectivity index (χ0) is 24.4. The Balaban J connectivity index is 1.45. The summed E-state index contributed by atoms with van der Waals surface area (Å²) in [5, 5.41) is 4.69. The van der Waals surface area contributed by atoms with Gasteiger partial charge in [-0.25, -0.2) is 4.98 Å². The summed E-state index contributed by atoms with van der Waals surface area (Å²) in [7, 11) is 0. The number of rotatable bonds is 7. The fourth-order valence-electron chi connectivity index (χ4n) is 4.23. The standard InChI is InChI=1S/C26H24ClN3O3S2/c1-2-33-19-13-9-17(10-14-19)28-22(31)15-34-26-29-24-23(20-5-3-4-6-21(20)35-24)25(32)30(26)18-11-7-16(27)8-12-18/h7-14H,2-6,15H2,1H3,(H,28,31). The molecule has 0 unspecified atom stereocenters. The molecule has 0 saturated carbocycles. The van der Waals surface area contributed by atoms with Crippen LogP contribution in [-0.2, 0) is 17.6 Å². The summed E-state index contributed by atoms with van der Waals surface area (Å²) in [6.07, 6.45) is 4.12. The summed E-state index contributed by atoms with van der Waals surface area (Å²) in [6.45, 7) is 2.51. The number of amides is 1. The van der Waals surface area contributed by atoms with E-state index in [1.54, 1.807) is 52.3 Å². The third-order valence-electron chi connectivity index (χ3n) is 5.82. The maximum absolute atomic E-state index is 13.8. The molecule has 1 aliphatic rings. The van der Waals surface area contributed by atoms with Crippen molar-refractivity contribution in [3.05, 3.63) is 74.3 Å². The Morgan fingerprint density at radius 2 is 1.89 bits per heavy atom. The quantitative estimate of drug-likeness (QED) is 0.233. The van der Waals surface area contributed by atoms with E-state index in [4.69, 9.17) is 21.3 Å². The molecular formula is C26H24ClN3O3S2. The van der Waals surface area contributed by atoms with E-state index in [9.17, 15) is 9.59 Å². The second-order valence-corrected chi connectivity index (χ2v) is 10.7. The molecule has 4 aromatic rings. The zero-order valence-electron chi connectivity index (χ0n) is 19.2. The highest BCUT2D eigenvalue weighted by Crippen LogP contribution is 2.35. The molecule has 2 heterocycles. The van der Waals surface area contributed by atoms with Crippen molar-refractivity contribution in [1.29, 1.82) is 0 Å². The smallest absolute Gasteiger partial charge is 0.267 e. The first-order chi connectivity index (χ1) is 17.0. The lowest BCUT2D eigenvalue weighted by Gasteiger charge is -2.14. The summed E-state index contributed by atoms with van der Waals surface area (Å²) in [6, 6.07) is 14.4. The van der Waals surface area contributed by atoms with Crippen molar-refractivity contribution in [3.8, 4) is 11.4 Å². The Morgan fingerprint density at radius 1 is 1.14 bits per heavy atom. The fourth-order valence-corrected chi connectivity index (χ4v) is 6.47. The highest BCUT2D eigenvalue weighted by atomic mass is 35.5. The van der Waals surface area contributed by atoms with Crippen molar-refractivity contribution in [2.45, 2.75) is 37.8 Å². The maximum atomic E-state index is 13.8. The van der Waals surface area contributed by atoms with Crippen molar-refractivity contribution < 1.29 is 9.53 Å². The van der Waals surface area contributed by atoms with Crippen LogP contribution in [0, 0.1) is 0 Å². The van der Waals surface area contributed by atoms with Crippen molar-refractivity contribution >= 4 is 56.5 Å². The summed E-state index contributed by atoms with van der Waals surface area (Å²) < 4.78 is 7.05. The number of nitrogens with one attached hydrogen (secondary N) is 1. The molecule has 2 aromatic carbocycles. The van der Waals surface area contributed by atoms with Gasteiger partial charge in [0.1, 0.15) is 10.6 Å². The Bertz CT molecular complexity index is 1430. The number of fused-ring (bicyclic) bond motifs is 3. The van der Waals surface area contributed by atoms with E-state index in [0.717, 1.165) is 41.8 Å². The van der Waals surface area contributed by atoms with Gasteiger partial charge in [-0.2, -0.15) is 0 Å². The molecule has 0 bridgehead atoms. The van der Waals surface area contributed by atoms with Crippen LogP contribution in [0.2, 0.25) is 5.02 Å². The van der Waals surface area contributed by atoms with E-state index in [1.807, 2.05) is 19.1 Å². The monoisotopic (exact) mass is 525 g/mol.